The molecule has 1 aromatic carbocycles. The van der Waals surface area contributed by atoms with Crippen LogP contribution in [0.25, 0.3) is 0 Å². The van der Waals surface area contributed by atoms with Gasteiger partial charge in [-0.15, -0.1) is 0 Å². The standard InChI is InChI=1S/C20H27N3OS/c24-19(23-10-2-1-3-11-23)15-6-8-17(9-7-15)21-20(25)22-18-13-14-4-5-16(18)12-14/h6-9,14,16,18H,1-5,10-13H2,(H2,21,22,25)/t14-,16+,18-/m0/s1. The van der Waals surface area contributed by atoms with E-state index >= 15 is 0 Å². The number of likely N-dealkylation sites (tertiary alicyclic amines) is 1. The maximum atomic E-state index is 12.5. The minimum atomic E-state index is 0.147. The molecule has 25 heavy (non-hydrogen) atoms. The van der Waals surface area contributed by atoms with E-state index in [0.717, 1.165) is 49.0 Å². The Morgan fingerprint density at radius 2 is 1.80 bits per heavy atom. The molecule has 0 unspecified atom stereocenters. The third-order valence-electron chi connectivity index (χ3n) is 6.09. The lowest BCUT2D eigenvalue weighted by molar-refractivity contribution is 0.0724. The Kier molecular flexibility index (Phi) is 4.93. The second kappa shape index (κ2) is 7.32. The van der Waals surface area contributed by atoms with Crippen LogP contribution in [0.2, 0.25) is 0 Å². The molecule has 134 valence electrons. The van der Waals surface area contributed by atoms with Gasteiger partial charge in [-0.2, -0.15) is 0 Å². The molecule has 1 saturated heterocycles. The number of benzene rings is 1. The van der Waals surface area contributed by atoms with Crippen LogP contribution in [-0.4, -0.2) is 35.1 Å². The molecule has 0 spiro atoms. The zero-order chi connectivity index (χ0) is 17.2. The summed E-state index contributed by atoms with van der Waals surface area (Å²) in [5.41, 5.74) is 1.70. The Labute approximate surface area is 155 Å². The summed E-state index contributed by atoms with van der Waals surface area (Å²) >= 11 is 5.48. The van der Waals surface area contributed by atoms with Gasteiger partial charge in [0.1, 0.15) is 0 Å². The van der Waals surface area contributed by atoms with Crippen LogP contribution < -0.4 is 10.6 Å². The first-order valence-electron chi connectivity index (χ1n) is 9.66. The molecule has 2 saturated carbocycles. The SMILES string of the molecule is O=C(c1ccc(NC(=S)N[C@H]2C[C@H]3CC[C@@H]2C3)cc1)N1CCCCC1. The largest absolute Gasteiger partial charge is 0.359 e. The van der Waals surface area contributed by atoms with Crippen molar-refractivity contribution in [1.29, 1.82) is 0 Å². The van der Waals surface area contributed by atoms with Gasteiger partial charge >= 0.3 is 0 Å². The highest BCUT2D eigenvalue weighted by atomic mass is 32.1. The van der Waals surface area contributed by atoms with Crippen LogP contribution in [0, 0.1) is 11.8 Å². The maximum Gasteiger partial charge on any atom is 0.253 e. The summed E-state index contributed by atoms with van der Waals surface area (Å²) in [4.78, 5) is 14.5. The number of rotatable bonds is 3. The summed E-state index contributed by atoms with van der Waals surface area (Å²) < 4.78 is 0. The van der Waals surface area contributed by atoms with Crippen molar-refractivity contribution in [2.75, 3.05) is 18.4 Å². The molecule has 1 amide bonds. The lowest BCUT2D eigenvalue weighted by Gasteiger charge is -2.27. The van der Waals surface area contributed by atoms with Crippen LogP contribution >= 0.6 is 12.2 Å². The quantitative estimate of drug-likeness (QED) is 0.808. The fraction of sp³-hybridized carbons (Fsp3) is 0.600. The highest BCUT2D eigenvalue weighted by Gasteiger charge is 2.39. The third-order valence-corrected chi connectivity index (χ3v) is 6.31. The topological polar surface area (TPSA) is 44.4 Å². The number of amides is 1. The summed E-state index contributed by atoms with van der Waals surface area (Å²) in [5, 5.41) is 7.46. The monoisotopic (exact) mass is 357 g/mol. The van der Waals surface area contributed by atoms with Gasteiger partial charge in [0.25, 0.3) is 5.91 Å². The molecule has 3 atom stereocenters. The fourth-order valence-electron chi connectivity index (χ4n) is 4.73. The van der Waals surface area contributed by atoms with Crippen molar-refractivity contribution >= 4 is 28.9 Å². The molecule has 1 aliphatic heterocycles. The van der Waals surface area contributed by atoms with Crippen LogP contribution in [0.1, 0.15) is 55.3 Å². The predicted octanol–water partition coefficient (Wildman–Crippen LogP) is 3.79. The van der Waals surface area contributed by atoms with Crippen LogP contribution in [0.5, 0.6) is 0 Å². The minimum absolute atomic E-state index is 0.147. The molecule has 2 aliphatic carbocycles. The number of nitrogens with one attached hydrogen (secondary N) is 2. The van der Waals surface area contributed by atoms with Gasteiger partial charge in [-0.25, -0.2) is 0 Å². The van der Waals surface area contributed by atoms with Gasteiger partial charge in [0.05, 0.1) is 0 Å². The van der Waals surface area contributed by atoms with Gasteiger partial charge < -0.3 is 15.5 Å². The lowest BCUT2D eigenvalue weighted by atomic mass is 9.96. The van der Waals surface area contributed by atoms with E-state index in [1.165, 1.54) is 32.1 Å². The summed E-state index contributed by atoms with van der Waals surface area (Å²) in [6, 6.07) is 8.25. The predicted molar refractivity (Wildman–Crippen MR) is 105 cm³/mol. The van der Waals surface area contributed by atoms with Crippen molar-refractivity contribution in [3.63, 3.8) is 0 Å². The molecule has 5 heteroatoms. The van der Waals surface area contributed by atoms with Crippen molar-refractivity contribution in [2.24, 2.45) is 11.8 Å². The number of hydrogen-bond acceptors (Lipinski definition) is 2. The highest BCUT2D eigenvalue weighted by Crippen LogP contribution is 2.44. The average Bonchev–Trinajstić information content (AvgIpc) is 3.25. The van der Waals surface area contributed by atoms with Gasteiger partial charge in [-0.05, 0) is 86.8 Å². The summed E-state index contributed by atoms with van der Waals surface area (Å²) in [6.07, 6.45) is 8.85. The molecule has 1 heterocycles. The van der Waals surface area contributed by atoms with Gasteiger partial charge in [-0.3, -0.25) is 4.79 Å². The highest BCUT2D eigenvalue weighted by molar-refractivity contribution is 7.80. The Morgan fingerprint density at radius 1 is 1.04 bits per heavy atom. The number of hydrogen-bond donors (Lipinski definition) is 2. The first-order valence-corrected chi connectivity index (χ1v) is 10.1. The fourth-order valence-corrected chi connectivity index (χ4v) is 5.00. The van der Waals surface area contributed by atoms with Gasteiger partial charge in [0, 0.05) is 30.4 Å². The third kappa shape index (κ3) is 3.81. The van der Waals surface area contributed by atoms with Gasteiger partial charge in [0.15, 0.2) is 5.11 Å². The number of carbonyl (C=O) groups excluding carboxylic acids is 1. The Bertz CT molecular complexity index is 639. The smallest absolute Gasteiger partial charge is 0.253 e. The second-order valence-corrected chi connectivity index (χ2v) is 8.22. The van der Waals surface area contributed by atoms with Gasteiger partial charge in [0.2, 0.25) is 0 Å². The number of anilines is 1. The molecule has 1 aromatic rings. The van der Waals surface area contributed by atoms with E-state index in [1.54, 1.807) is 0 Å². The summed E-state index contributed by atoms with van der Waals surface area (Å²) in [5.74, 6) is 1.86. The van der Waals surface area contributed by atoms with Crippen LogP contribution in [-0.2, 0) is 0 Å². The van der Waals surface area contributed by atoms with E-state index in [1.807, 2.05) is 29.2 Å². The van der Waals surface area contributed by atoms with Crippen molar-refractivity contribution in [3.8, 4) is 0 Å². The molecule has 4 rings (SSSR count). The zero-order valence-electron chi connectivity index (χ0n) is 14.7. The Balaban J connectivity index is 1.31. The zero-order valence-corrected chi connectivity index (χ0v) is 15.5. The van der Waals surface area contributed by atoms with E-state index in [9.17, 15) is 4.79 Å². The lowest BCUT2D eigenvalue weighted by Crippen LogP contribution is -2.40. The molecular formula is C20H27N3OS. The Hall–Kier alpha value is -1.62. The number of nitrogens with zero attached hydrogens (tertiary/aromatic N) is 1. The van der Waals surface area contributed by atoms with Crippen LogP contribution in [0.4, 0.5) is 5.69 Å². The first-order chi connectivity index (χ1) is 12.2. The molecule has 3 fully saturated rings. The summed E-state index contributed by atoms with van der Waals surface area (Å²) in [7, 11) is 0. The van der Waals surface area contributed by atoms with E-state index in [2.05, 4.69) is 10.6 Å². The number of fused-ring (bicyclic) bond motifs is 2. The number of thiocarbonyl (C=S) groups is 1. The van der Waals surface area contributed by atoms with E-state index in [-0.39, 0.29) is 5.91 Å². The van der Waals surface area contributed by atoms with E-state index in [0.29, 0.717) is 11.2 Å². The van der Waals surface area contributed by atoms with Crippen molar-refractivity contribution in [2.45, 2.75) is 51.0 Å². The van der Waals surface area contributed by atoms with Gasteiger partial charge in [-0.1, -0.05) is 6.42 Å². The Morgan fingerprint density at radius 3 is 2.44 bits per heavy atom. The molecular weight excluding hydrogens is 330 g/mol. The first kappa shape index (κ1) is 16.8. The molecule has 2 bridgehead atoms. The normalized spacial score (nSPS) is 28.0. The van der Waals surface area contributed by atoms with Crippen molar-refractivity contribution in [3.05, 3.63) is 29.8 Å². The molecule has 0 aromatic heterocycles. The maximum absolute atomic E-state index is 12.5. The molecule has 3 aliphatic rings. The van der Waals surface area contributed by atoms with E-state index in [4.69, 9.17) is 12.2 Å². The number of piperidine rings is 1. The number of carbonyl (C=O) groups is 1. The second-order valence-electron chi connectivity index (χ2n) is 7.81. The molecule has 4 nitrogen and oxygen atoms in total. The van der Waals surface area contributed by atoms with Crippen LogP contribution in [0.15, 0.2) is 24.3 Å². The molecule has 2 N–H and O–H groups in total. The van der Waals surface area contributed by atoms with Crippen LogP contribution in [0.3, 0.4) is 0 Å². The van der Waals surface area contributed by atoms with Crippen molar-refractivity contribution in [1.82, 2.24) is 10.2 Å². The average molecular weight is 358 g/mol. The summed E-state index contributed by atoms with van der Waals surface area (Å²) in [6.45, 7) is 1.77. The van der Waals surface area contributed by atoms with Crippen molar-refractivity contribution < 1.29 is 4.79 Å². The molecule has 0 radical (unpaired) electrons. The van der Waals surface area contributed by atoms with E-state index < -0.39 is 0 Å². The minimum Gasteiger partial charge on any atom is -0.359 e.